The Labute approximate surface area is 61.8 Å². The van der Waals surface area contributed by atoms with Gasteiger partial charge in [-0.1, -0.05) is 0 Å². The first-order chi connectivity index (χ1) is 4.84. The van der Waals surface area contributed by atoms with Crippen LogP contribution in [-0.2, 0) is 0 Å². The van der Waals surface area contributed by atoms with Gasteiger partial charge in [-0.2, -0.15) is 0 Å². The summed E-state index contributed by atoms with van der Waals surface area (Å²) in [7, 11) is 0. The second kappa shape index (κ2) is 2.51. The van der Waals surface area contributed by atoms with E-state index >= 15 is 0 Å². The van der Waals surface area contributed by atoms with Crippen molar-refractivity contribution >= 4 is 0 Å². The van der Waals surface area contributed by atoms with Crippen molar-refractivity contribution in [1.29, 1.82) is 0 Å². The smallest absolute Gasteiger partial charge is 0.0669 e. The van der Waals surface area contributed by atoms with Crippen molar-refractivity contribution in [3.05, 3.63) is 0 Å². The van der Waals surface area contributed by atoms with Crippen molar-refractivity contribution in [2.24, 2.45) is 5.92 Å². The Kier molecular flexibility index (Phi) is 1.66. The molecule has 1 N–H and O–H groups in total. The summed E-state index contributed by atoms with van der Waals surface area (Å²) in [4.78, 5) is 2.38. The fourth-order valence-electron chi connectivity index (χ4n) is 2.16. The van der Waals surface area contributed by atoms with E-state index in [0.29, 0.717) is 0 Å². The first-order valence-corrected chi connectivity index (χ1v) is 4.25. The molecule has 3 aliphatic rings. The van der Waals surface area contributed by atoms with Crippen LogP contribution >= 0.6 is 0 Å². The highest BCUT2D eigenvalue weighted by atomic mass is 16.3. The molecule has 2 heteroatoms. The molecule has 1 atom stereocenters. The lowest BCUT2D eigenvalue weighted by atomic mass is 9.95. The maximum atomic E-state index is 9.43. The Balaban J connectivity index is 2.05. The molecule has 0 radical (unpaired) electrons. The number of aliphatic hydroxyl groups excluding tert-OH is 1. The zero-order valence-corrected chi connectivity index (χ0v) is 6.29. The molecule has 3 fully saturated rings. The van der Waals surface area contributed by atoms with E-state index in [0.717, 1.165) is 18.9 Å². The van der Waals surface area contributed by atoms with E-state index < -0.39 is 0 Å². The van der Waals surface area contributed by atoms with Crippen molar-refractivity contribution in [2.75, 3.05) is 19.6 Å². The molecule has 0 spiro atoms. The minimum Gasteiger partial charge on any atom is -0.392 e. The monoisotopic (exact) mass is 141 g/mol. The Hall–Kier alpha value is -0.0800. The number of nitrogens with zero attached hydrogens (tertiary/aromatic N) is 1. The van der Waals surface area contributed by atoms with Gasteiger partial charge >= 0.3 is 0 Å². The molecule has 0 aromatic heterocycles. The summed E-state index contributed by atoms with van der Waals surface area (Å²) in [5.41, 5.74) is 0. The van der Waals surface area contributed by atoms with E-state index in [2.05, 4.69) is 4.90 Å². The Bertz CT molecular complexity index is 104. The van der Waals surface area contributed by atoms with Crippen molar-refractivity contribution in [2.45, 2.75) is 25.4 Å². The van der Waals surface area contributed by atoms with Crippen LogP contribution in [0.1, 0.15) is 19.3 Å². The third-order valence-electron chi connectivity index (χ3n) is 2.78. The molecule has 3 heterocycles. The van der Waals surface area contributed by atoms with E-state index in [9.17, 15) is 5.11 Å². The number of aliphatic hydroxyl groups is 1. The molecule has 58 valence electrons. The number of fused-ring (bicyclic) bond motifs is 4. The third-order valence-corrected chi connectivity index (χ3v) is 2.78. The normalized spacial score (nSPS) is 47.1. The van der Waals surface area contributed by atoms with Crippen LogP contribution in [0.2, 0.25) is 0 Å². The molecule has 3 aliphatic heterocycles. The van der Waals surface area contributed by atoms with Gasteiger partial charge in [0.25, 0.3) is 0 Å². The average Bonchev–Trinajstić information content (AvgIpc) is 2.17. The van der Waals surface area contributed by atoms with Gasteiger partial charge in [-0.05, 0) is 38.3 Å². The first kappa shape index (κ1) is 6.62. The number of piperidine rings is 1. The van der Waals surface area contributed by atoms with Crippen molar-refractivity contribution in [3.63, 3.8) is 0 Å². The molecule has 3 saturated heterocycles. The molecular formula is C8H15NO. The molecule has 2 bridgehead atoms. The molecule has 0 aliphatic carbocycles. The van der Waals surface area contributed by atoms with E-state index in [1.54, 1.807) is 0 Å². The molecule has 2 nitrogen and oxygen atoms in total. The molecule has 0 saturated carbocycles. The molecule has 0 amide bonds. The minimum atomic E-state index is -0.0324. The summed E-state index contributed by atoms with van der Waals surface area (Å²) in [6.45, 7) is 3.37. The Morgan fingerprint density at radius 3 is 2.60 bits per heavy atom. The predicted octanol–water partition coefficient (Wildman–Crippen LogP) is 0.463. The zero-order valence-electron chi connectivity index (χ0n) is 6.29. The average molecular weight is 141 g/mol. The SMILES string of the molecule is O[C@@H]1CC2CCN(CC2)C1. The van der Waals surface area contributed by atoms with E-state index in [1.165, 1.54) is 25.9 Å². The largest absolute Gasteiger partial charge is 0.392 e. The maximum absolute atomic E-state index is 9.43. The fourth-order valence-corrected chi connectivity index (χ4v) is 2.16. The fraction of sp³-hybridized carbons (Fsp3) is 1.00. The quantitative estimate of drug-likeness (QED) is 0.530. The highest BCUT2D eigenvalue weighted by molar-refractivity contribution is 4.81. The summed E-state index contributed by atoms with van der Waals surface area (Å²) in [5, 5.41) is 9.43. The molecule has 10 heavy (non-hydrogen) atoms. The van der Waals surface area contributed by atoms with Gasteiger partial charge in [-0.15, -0.1) is 0 Å². The van der Waals surface area contributed by atoms with Gasteiger partial charge in [0.15, 0.2) is 0 Å². The van der Waals surface area contributed by atoms with Crippen LogP contribution in [0.5, 0.6) is 0 Å². The first-order valence-electron chi connectivity index (χ1n) is 4.25. The molecule has 0 aromatic carbocycles. The molecular weight excluding hydrogens is 126 g/mol. The number of hydrogen-bond acceptors (Lipinski definition) is 2. The van der Waals surface area contributed by atoms with Crippen LogP contribution in [0.4, 0.5) is 0 Å². The Morgan fingerprint density at radius 1 is 1.20 bits per heavy atom. The molecule has 3 rings (SSSR count). The predicted molar refractivity (Wildman–Crippen MR) is 39.8 cm³/mol. The van der Waals surface area contributed by atoms with Crippen LogP contribution < -0.4 is 0 Å². The highest BCUT2D eigenvalue weighted by Gasteiger charge is 2.27. The summed E-state index contributed by atoms with van der Waals surface area (Å²) < 4.78 is 0. The van der Waals surface area contributed by atoms with E-state index in [4.69, 9.17) is 0 Å². The third kappa shape index (κ3) is 1.18. The van der Waals surface area contributed by atoms with Gasteiger partial charge in [0.1, 0.15) is 0 Å². The number of rotatable bonds is 0. The van der Waals surface area contributed by atoms with Crippen LogP contribution in [0.3, 0.4) is 0 Å². The highest BCUT2D eigenvalue weighted by Crippen LogP contribution is 2.26. The summed E-state index contributed by atoms with van der Waals surface area (Å²) in [5.74, 6) is 0.828. The van der Waals surface area contributed by atoms with Crippen LogP contribution in [-0.4, -0.2) is 35.7 Å². The summed E-state index contributed by atoms with van der Waals surface area (Å²) >= 11 is 0. The summed E-state index contributed by atoms with van der Waals surface area (Å²) in [6, 6.07) is 0. The second-order valence-corrected chi connectivity index (χ2v) is 3.63. The lowest BCUT2D eigenvalue weighted by Crippen LogP contribution is -2.32. The second-order valence-electron chi connectivity index (χ2n) is 3.63. The maximum Gasteiger partial charge on any atom is 0.0669 e. The van der Waals surface area contributed by atoms with E-state index in [1.807, 2.05) is 0 Å². The van der Waals surface area contributed by atoms with Crippen molar-refractivity contribution in [1.82, 2.24) is 4.90 Å². The van der Waals surface area contributed by atoms with E-state index in [-0.39, 0.29) is 6.10 Å². The van der Waals surface area contributed by atoms with Crippen LogP contribution in [0, 0.1) is 5.92 Å². The van der Waals surface area contributed by atoms with Gasteiger partial charge in [0, 0.05) is 6.54 Å². The number of hydrogen-bond donors (Lipinski definition) is 1. The lowest BCUT2D eigenvalue weighted by Gasteiger charge is -2.25. The van der Waals surface area contributed by atoms with Crippen molar-refractivity contribution < 1.29 is 5.11 Å². The molecule has 0 aromatic rings. The lowest BCUT2D eigenvalue weighted by molar-refractivity contribution is 0.131. The molecule has 0 unspecified atom stereocenters. The standard InChI is InChI=1S/C8H15NO/c10-8-5-7-1-3-9(6-8)4-2-7/h7-8,10H,1-6H2/t8-/m1/s1. The van der Waals surface area contributed by atoms with Crippen molar-refractivity contribution in [3.8, 4) is 0 Å². The van der Waals surface area contributed by atoms with Gasteiger partial charge in [0.05, 0.1) is 6.10 Å². The van der Waals surface area contributed by atoms with Gasteiger partial charge in [0.2, 0.25) is 0 Å². The van der Waals surface area contributed by atoms with Gasteiger partial charge < -0.3 is 10.0 Å². The zero-order chi connectivity index (χ0) is 6.97. The minimum absolute atomic E-state index is 0.0324. The van der Waals surface area contributed by atoms with Gasteiger partial charge in [-0.25, -0.2) is 0 Å². The topological polar surface area (TPSA) is 23.5 Å². The van der Waals surface area contributed by atoms with Gasteiger partial charge in [-0.3, -0.25) is 0 Å². The Morgan fingerprint density at radius 2 is 1.90 bits per heavy atom. The summed E-state index contributed by atoms with van der Waals surface area (Å²) in [6.07, 6.45) is 3.65. The van der Waals surface area contributed by atoms with Crippen LogP contribution in [0.15, 0.2) is 0 Å². The van der Waals surface area contributed by atoms with Crippen LogP contribution in [0.25, 0.3) is 0 Å².